The van der Waals surface area contributed by atoms with Crippen LogP contribution in [0.5, 0.6) is 0 Å². The van der Waals surface area contributed by atoms with Gasteiger partial charge in [-0.15, -0.1) is 0 Å². The van der Waals surface area contributed by atoms with E-state index in [4.69, 9.17) is 0 Å². The number of nitrogens with one attached hydrogen (secondary N) is 2. The first kappa shape index (κ1) is 11.9. The molecular formula is C12H13BrFN3O. The first-order valence-corrected chi connectivity index (χ1v) is 6.67. The summed E-state index contributed by atoms with van der Waals surface area (Å²) in [6, 6.07) is 4.66. The van der Waals surface area contributed by atoms with E-state index in [1.54, 1.807) is 17.0 Å². The van der Waals surface area contributed by atoms with E-state index in [0.29, 0.717) is 12.1 Å². The molecule has 96 valence electrons. The van der Waals surface area contributed by atoms with E-state index in [1.165, 1.54) is 6.07 Å². The Morgan fingerprint density at radius 3 is 2.83 bits per heavy atom. The Kier molecular flexibility index (Phi) is 2.99. The number of hydrogen-bond acceptors (Lipinski definition) is 2. The van der Waals surface area contributed by atoms with Gasteiger partial charge >= 0.3 is 6.03 Å². The van der Waals surface area contributed by atoms with Crippen LogP contribution in [0.3, 0.4) is 0 Å². The van der Waals surface area contributed by atoms with E-state index < -0.39 is 0 Å². The smallest absolute Gasteiger partial charge is 0.318 e. The van der Waals surface area contributed by atoms with Gasteiger partial charge in [-0.25, -0.2) is 9.18 Å². The maximum Gasteiger partial charge on any atom is 0.318 e. The molecule has 2 fully saturated rings. The highest BCUT2D eigenvalue weighted by Crippen LogP contribution is 2.27. The second-order valence-electron chi connectivity index (χ2n) is 4.63. The van der Waals surface area contributed by atoms with Gasteiger partial charge in [0.2, 0.25) is 0 Å². The minimum absolute atomic E-state index is 0.106. The largest absolute Gasteiger partial charge is 0.329 e. The molecule has 2 heterocycles. The number of amides is 2. The van der Waals surface area contributed by atoms with Gasteiger partial charge < -0.3 is 15.5 Å². The number of carbonyl (C=O) groups excluding carboxylic acids is 1. The average molecular weight is 314 g/mol. The van der Waals surface area contributed by atoms with Crippen molar-refractivity contribution >= 4 is 22.0 Å². The van der Waals surface area contributed by atoms with E-state index in [0.717, 1.165) is 17.6 Å². The van der Waals surface area contributed by atoms with Gasteiger partial charge in [0, 0.05) is 29.7 Å². The molecule has 0 saturated carbocycles. The third-order valence-corrected chi connectivity index (χ3v) is 3.97. The SMILES string of the molecule is O=C1NC(c2cc(Br)ccc2F)CN1C1CNC1. The van der Waals surface area contributed by atoms with E-state index in [-0.39, 0.29) is 23.9 Å². The van der Waals surface area contributed by atoms with E-state index in [1.807, 2.05) is 0 Å². The summed E-state index contributed by atoms with van der Waals surface area (Å²) < 4.78 is 14.6. The number of hydrogen-bond donors (Lipinski definition) is 2. The summed E-state index contributed by atoms with van der Waals surface area (Å²) in [5.41, 5.74) is 0.535. The normalized spacial score (nSPS) is 24.0. The number of rotatable bonds is 2. The Morgan fingerprint density at radius 1 is 1.39 bits per heavy atom. The number of benzene rings is 1. The number of carbonyl (C=O) groups is 1. The van der Waals surface area contributed by atoms with Crippen LogP contribution < -0.4 is 10.6 Å². The monoisotopic (exact) mass is 313 g/mol. The maximum atomic E-state index is 13.8. The molecule has 2 amide bonds. The van der Waals surface area contributed by atoms with E-state index in [2.05, 4.69) is 26.6 Å². The molecule has 0 radical (unpaired) electrons. The molecule has 3 rings (SSSR count). The molecular weight excluding hydrogens is 301 g/mol. The molecule has 0 aromatic heterocycles. The van der Waals surface area contributed by atoms with Crippen molar-refractivity contribution < 1.29 is 9.18 Å². The molecule has 2 N–H and O–H groups in total. The van der Waals surface area contributed by atoms with Crippen LogP contribution in [0.25, 0.3) is 0 Å². The summed E-state index contributed by atoms with van der Waals surface area (Å²) >= 11 is 3.32. The molecule has 2 saturated heterocycles. The zero-order valence-electron chi connectivity index (χ0n) is 9.62. The third-order valence-electron chi connectivity index (χ3n) is 3.47. The number of nitrogens with zero attached hydrogens (tertiary/aromatic N) is 1. The van der Waals surface area contributed by atoms with Gasteiger partial charge in [0.1, 0.15) is 5.82 Å². The Morgan fingerprint density at radius 2 is 2.17 bits per heavy atom. The van der Waals surface area contributed by atoms with Crippen molar-refractivity contribution in [3.8, 4) is 0 Å². The molecule has 1 unspecified atom stereocenters. The van der Waals surface area contributed by atoms with Gasteiger partial charge in [0.25, 0.3) is 0 Å². The Labute approximate surface area is 113 Å². The highest BCUT2D eigenvalue weighted by atomic mass is 79.9. The third kappa shape index (κ3) is 1.99. The molecule has 18 heavy (non-hydrogen) atoms. The van der Waals surface area contributed by atoms with Gasteiger partial charge in [0.15, 0.2) is 0 Å². The topological polar surface area (TPSA) is 44.4 Å². The van der Waals surface area contributed by atoms with Crippen molar-refractivity contribution in [2.45, 2.75) is 12.1 Å². The predicted molar refractivity (Wildman–Crippen MR) is 68.7 cm³/mol. The lowest BCUT2D eigenvalue weighted by Gasteiger charge is -2.34. The highest BCUT2D eigenvalue weighted by molar-refractivity contribution is 9.10. The van der Waals surface area contributed by atoms with Crippen LogP contribution in [-0.4, -0.2) is 36.6 Å². The van der Waals surface area contributed by atoms with Gasteiger partial charge in [0.05, 0.1) is 12.1 Å². The molecule has 2 aliphatic heterocycles. The fraction of sp³-hybridized carbons (Fsp3) is 0.417. The van der Waals surface area contributed by atoms with Crippen molar-refractivity contribution in [2.24, 2.45) is 0 Å². The number of halogens is 2. The predicted octanol–water partition coefficient (Wildman–Crippen LogP) is 1.63. The minimum Gasteiger partial charge on any atom is -0.329 e. The fourth-order valence-corrected chi connectivity index (χ4v) is 2.70. The molecule has 0 spiro atoms. The molecule has 1 atom stereocenters. The lowest BCUT2D eigenvalue weighted by molar-refractivity contribution is 0.172. The zero-order chi connectivity index (χ0) is 12.7. The molecule has 0 aliphatic carbocycles. The Hall–Kier alpha value is -1.14. The van der Waals surface area contributed by atoms with Crippen LogP contribution >= 0.6 is 15.9 Å². The van der Waals surface area contributed by atoms with Gasteiger partial charge in [-0.3, -0.25) is 0 Å². The second kappa shape index (κ2) is 4.51. The summed E-state index contributed by atoms with van der Waals surface area (Å²) in [5, 5.41) is 5.97. The molecule has 4 nitrogen and oxygen atoms in total. The summed E-state index contributed by atoms with van der Waals surface area (Å²) in [5.74, 6) is -0.280. The summed E-state index contributed by atoms with van der Waals surface area (Å²) in [4.78, 5) is 13.6. The number of urea groups is 1. The van der Waals surface area contributed by atoms with Crippen molar-refractivity contribution in [3.05, 3.63) is 34.1 Å². The lowest BCUT2D eigenvalue weighted by atomic mass is 10.1. The summed E-state index contributed by atoms with van der Waals surface area (Å²) in [6.45, 7) is 2.17. The van der Waals surface area contributed by atoms with E-state index >= 15 is 0 Å². The Bertz CT molecular complexity index is 492. The van der Waals surface area contributed by atoms with Crippen LogP contribution in [0.4, 0.5) is 9.18 Å². The van der Waals surface area contributed by atoms with Gasteiger partial charge in [-0.1, -0.05) is 15.9 Å². The van der Waals surface area contributed by atoms with Crippen molar-refractivity contribution in [2.75, 3.05) is 19.6 Å². The second-order valence-corrected chi connectivity index (χ2v) is 5.55. The molecule has 6 heteroatoms. The molecule has 2 aliphatic rings. The van der Waals surface area contributed by atoms with Gasteiger partial charge in [-0.2, -0.15) is 0 Å². The van der Waals surface area contributed by atoms with Crippen molar-refractivity contribution in [3.63, 3.8) is 0 Å². The average Bonchev–Trinajstić information content (AvgIpc) is 2.62. The van der Waals surface area contributed by atoms with Crippen molar-refractivity contribution in [1.82, 2.24) is 15.5 Å². The maximum absolute atomic E-state index is 13.8. The first-order chi connectivity index (χ1) is 8.65. The lowest BCUT2D eigenvalue weighted by Crippen LogP contribution is -2.57. The van der Waals surface area contributed by atoms with E-state index in [9.17, 15) is 9.18 Å². The van der Waals surface area contributed by atoms with Crippen LogP contribution in [0.15, 0.2) is 22.7 Å². The van der Waals surface area contributed by atoms with Crippen molar-refractivity contribution in [1.29, 1.82) is 0 Å². The van der Waals surface area contributed by atoms with Crippen LogP contribution in [0, 0.1) is 5.82 Å². The molecule has 1 aromatic carbocycles. The quantitative estimate of drug-likeness (QED) is 0.871. The van der Waals surface area contributed by atoms with Crippen LogP contribution in [-0.2, 0) is 0 Å². The Balaban J connectivity index is 1.81. The molecule has 1 aromatic rings. The standard InChI is InChI=1S/C12H13BrFN3O/c13-7-1-2-10(14)9(3-7)11-6-17(12(18)16-11)8-4-15-5-8/h1-3,8,11,15H,4-6H2,(H,16,18). The highest BCUT2D eigenvalue weighted by Gasteiger charge is 2.37. The fourth-order valence-electron chi connectivity index (χ4n) is 2.32. The van der Waals surface area contributed by atoms with Crippen LogP contribution in [0.1, 0.15) is 11.6 Å². The zero-order valence-corrected chi connectivity index (χ0v) is 11.2. The van der Waals surface area contributed by atoms with Gasteiger partial charge in [-0.05, 0) is 18.2 Å². The first-order valence-electron chi connectivity index (χ1n) is 5.88. The van der Waals surface area contributed by atoms with Crippen LogP contribution in [0.2, 0.25) is 0 Å². The minimum atomic E-state index is -0.280. The summed E-state index contributed by atoms with van der Waals surface area (Å²) in [6.07, 6.45) is 0. The molecule has 0 bridgehead atoms. The summed E-state index contributed by atoms with van der Waals surface area (Å²) in [7, 11) is 0.